The van der Waals surface area contributed by atoms with Crippen molar-refractivity contribution < 1.29 is 12.6 Å². The summed E-state index contributed by atoms with van der Waals surface area (Å²) in [5.41, 5.74) is 2.14. The van der Waals surface area contributed by atoms with Crippen molar-refractivity contribution in [1.29, 1.82) is 0 Å². The first-order valence-electron chi connectivity index (χ1n) is 4.66. The quantitative estimate of drug-likeness (QED) is 0.803. The van der Waals surface area contributed by atoms with Gasteiger partial charge in [-0.2, -0.15) is 8.42 Å². The lowest BCUT2D eigenvalue weighted by Crippen LogP contribution is -2.01. The molecule has 0 atom stereocenters. The highest BCUT2D eigenvalue weighted by Gasteiger charge is 1.99. The maximum absolute atomic E-state index is 10.7. The molecule has 0 aliphatic carbocycles. The summed E-state index contributed by atoms with van der Waals surface area (Å²) in [4.78, 5) is 0. The number of rotatable bonds is 4. The molecule has 0 heterocycles. The second-order valence-electron chi connectivity index (χ2n) is 3.35. The van der Waals surface area contributed by atoms with Crippen LogP contribution in [0.15, 0.2) is 28.7 Å². The molecule has 0 radical (unpaired) electrons. The maximum atomic E-state index is 10.7. The molecule has 0 spiro atoms. The SMILES string of the molecule is Cc1c(Br)cccc1/C=C/COS(C)(=O)=O. The monoisotopic (exact) mass is 304 g/mol. The molecule has 3 nitrogen and oxygen atoms in total. The van der Waals surface area contributed by atoms with E-state index in [4.69, 9.17) is 0 Å². The van der Waals surface area contributed by atoms with Crippen LogP contribution >= 0.6 is 15.9 Å². The van der Waals surface area contributed by atoms with Crippen LogP contribution in [0.4, 0.5) is 0 Å². The first-order valence-corrected chi connectivity index (χ1v) is 7.27. The van der Waals surface area contributed by atoms with E-state index in [0.29, 0.717) is 0 Å². The minimum atomic E-state index is -3.36. The van der Waals surface area contributed by atoms with Gasteiger partial charge in [-0.25, -0.2) is 0 Å². The Morgan fingerprint density at radius 2 is 2.12 bits per heavy atom. The number of hydrogen-bond donors (Lipinski definition) is 0. The zero-order chi connectivity index (χ0) is 12.2. The summed E-state index contributed by atoms with van der Waals surface area (Å²) < 4.78 is 27.0. The second kappa shape index (κ2) is 5.61. The number of halogens is 1. The van der Waals surface area contributed by atoms with Crippen molar-refractivity contribution in [2.24, 2.45) is 0 Å². The molecule has 88 valence electrons. The summed E-state index contributed by atoms with van der Waals surface area (Å²) in [5, 5.41) is 0. The standard InChI is InChI=1S/C11H13BrO3S/c1-9-10(5-3-7-11(9)12)6-4-8-15-16(2,13)14/h3-7H,8H2,1-2H3/b6-4+. The number of hydrogen-bond acceptors (Lipinski definition) is 3. The minimum Gasteiger partial charge on any atom is -0.266 e. The van der Waals surface area contributed by atoms with Gasteiger partial charge in [0.2, 0.25) is 0 Å². The van der Waals surface area contributed by atoms with Crippen molar-refractivity contribution in [3.63, 3.8) is 0 Å². The molecule has 0 unspecified atom stereocenters. The van der Waals surface area contributed by atoms with Gasteiger partial charge in [-0.3, -0.25) is 4.18 Å². The van der Waals surface area contributed by atoms with E-state index in [2.05, 4.69) is 20.1 Å². The summed E-state index contributed by atoms with van der Waals surface area (Å²) in [5.74, 6) is 0. The lowest BCUT2D eigenvalue weighted by molar-refractivity contribution is 0.362. The van der Waals surface area contributed by atoms with E-state index in [-0.39, 0.29) is 6.61 Å². The Kier molecular flexibility index (Phi) is 4.70. The molecule has 16 heavy (non-hydrogen) atoms. The van der Waals surface area contributed by atoms with Gasteiger partial charge in [0.25, 0.3) is 10.1 Å². The Bertz CT molecular complexity index is 492. The molecule has 0 bridgehead atoms. The van der Waals surface area contributed by atoms with Crippen LogP contribution in [0.3, 0.4) is 0 Å². The summed E-state index contributed by atoms with van der Waals surface area (Å²) in [6.07, 6.45) is 4.55. The van der Waals surface area contributed by atoms with Gasteiger partial charge in [0.05, 0.1) is 12.9 Å². The van der Waals surface area contributed by atoms with Crippen LogP contribution in [0, 0.1) is 6.92 Å². The molecule has 0 aliphatic rings. The number of benzene rings is 1. The molecule has 5 heteroatoms. The first-order chi connectivity index (χ1) is 7.40. The zero-order valence-corrected chi connectivity index (χ0v) is 11.5. The first kappa shape index (κ1) is 13.4. The molecule has 0 saturated heterocycles. The van der Waals surface area contributed by atoms with E-state index in [1.165, 1.54) is 0 Å². The van der Waals surface area contributed by atoms with Crippen LogP contribution in [-0.4, -0.2) is 21.3 Å². The topological polar surface area (TPSA) is 43.4 Å². The van der Waals surface area contributed by atoms with Gasteiger partial charge in [-0.05, 0) is 24.1 Å². The average molecular weight is 305 g/mol. The van der Waals surface area contributed by atoms with E-state index in [9.17, 15) is 8.42 Å². The Hall–Kier alpha value is -0.650. The molecule has 0 amide bonds. The molecule has 1 aromatic carbocycles. The van der Waals surface area contributed by atoms with Gasteiger partial charge in [0, 0.05) is 4.47 Å². The van der Waals surface area contributed by atoms with Gasteiger partial charge in [0.15, 0.2) is 0 Å². The van der Waals surface area contributed by atoms with Crippen LogP contribution in [0.2, 0.25) is 0 Å². The lowest BCUT2D eigenvalue weighted by Gasteiger charge is -2.02. The Balaban J connectivity index is 2.67. The fraction of sp³-hybridized carbons (Fsp3) is 0.273. The molecule has 0 saturated carbocycles. The molecule has 0 fully saturated rings. The predicted octanol–water partition coefficient (Wildman–Crippen LogP) is 2.75. The minimum absolute atomic E-state index is 0.0603. The molecule has 0 aliphatic heterocycles. The highest BCUT2D eigenvalue weighted by molar-refractivity contribution is 9.10. The van der Waals surface area contributed by atoms with Crippen LogP contribution in [-0.2, 0) is 14.3 Å². The van der Waals surface area contributed by atoms with Crippen molar-refractivity contribution in [3.8, 4) is 0 Å². The van der Waals surface area contributed by atoms with Crippen molar-refractivity contribution in [3.05, 3.63) is 39.9 Å². The van der Waals surface area contributed by atoms with Crippen LogP contribution < -0.4 is 0 Å². The van der Waals surface area contributed by atoms with Gasteiger partial charge in [-0.15, -0.1) is 0 Å². The normalized spacial score (nSPS) is 12.2. The highest BCUT2D eigenvalue weighted by atomic mass is 79.9. The molecule has 1 rings (SSSR count). The third kappa shape index (κ3) is 4.47. The predicted molar refractivity (Wildman–Crippen MR) is 68.7 cm³/mol. The lowest BCUT2D eigenvalue weighted by atomic mass is 10.1. The van der Waals surface area contributed by atoms with Crippen LogP contribution in [0.25, 0.3) is 6.08 Å². The fourth-order valence-electron chi connectivity index (χ4n) is 1.14. The molecule has 0 aromatic heterocycles. The van der Waals surface area contributed by atoms with E-state index in [1.807, 2.05) is 31.2 Å². The molecule has 0 N–H and O–H groups in total. The second-order valence-corrected chi connectivity index (χ2v) is 5.84. The smallest absolute Gasteiger partial charge is 0.264 e. The summed E-state index contributed by atoms with van der Waals surface area (Å²) >= 11 is 3.43. The van der Waals surface area contributed by atoms with Crippen molar-refractivity contribution in [1.82, 2.24) is 0 Å². The molecular formula is C11H13BrO3S. The van der Waals surface area contributed by atoms with Gasteiger partial charge in [0.1, 0.15) is 0 Å². The molecular weight excluding hydrogens is 292 g/mol. The summed E-state index contributed by atoms with van der Waals surface area (Å²) in [6.45, 7) is 2.05. The van der Waals surface area contributed by atoms with Crippen LogP contribution in [0.1, 0.15) is 11.1 Å². The van der Waals surface area contributed by atoms with Gasteiger partial charge < -0.3 is 0 Å². The third-order valence-electron chi connectivity index (χ3n) is 1.99. The maximum Gasteiger partial charge on any atom is 0.264 e. The summed E-state index contributed by atoms with van der Waals surface area (Å²) in [6, 6.07) is 5.84. The summed E-state index contributed by atoms with van der Waals surface area (Å²) in [7, 11) is -3.36. The Morgan fingerprint density at radius 3 is 2.75 bits per heavy atom. The zero-order valence-electron chi connectivity index (χ0n) is 9.10. The highest BCUT2D eigenvalue weighted by Crippen LogP contribution is 2.20. The third-order valence-corrected chi connectivity index (χ3v) is 3.41. The van der Waals surface area contributed by atoms with E-state index < -0.39 is 10.1 Å². The van der Waals surface area contributed by atoms with Gasteiger partial charge in [-0.1, -0.05) is 40.2 Å². The Labute approximate surface area is 104 Å². The van der Waals surface area contributed by atoms with Crippen molar-refractivity contribution in [2.75, 3.05) is 12.9 Å². The largest absolute Gasteiger partial charge is 0.266 e. The Morgan fingerprint density at radius 1 is 1.44 bits per heavy atom. The fourth-order valence-corrected chi connectivity index (χ4v) is 1.85. The molecule has 1 aromatic rings. The van der Waals surface area contributed by atoms with Crippen molar-refractivity contribution >= 4 is 32.1 Å². The van der Waals surface area contributed by atoms with E-state index >= 15 is 0 Å². The van der Waals surface area contributed by atoms with Crippen molar-refractivity contribution in [2.45, 2.75) is 6.92 Å². The van der Waals surface area contributed by atoms with Crippen LogP contribution in [0.5, 0.6) is 0 Å². The van der Waals surface area contributed by atoms with Gasteiger partial charge >= 0.3 is 0 Å². The van der Waals surface area contributed by atoms with E-state index in [0.717, 1.165) is 21.9 Å². The van der Waals surface area contributed by atoms with E-state index in [1.54, 1.807) is 6.08 Å². The average Bonchev–Trinajstić information content (AvgIpc) is 2.17.